The molecule has 6 nitrogen and oxygen atoms in total. The lowest BCUT2D eigenvalue weighted by Crippen LogP contribution is -2.15. The number of hydrogen-bond acceptors (Lipinski definition) is 5. The zero-order chi connectivity index (χ0) is 33.9. The van der Waals surface area contributed by atoms with E-state index < -0.39 is 17.9 Å². The second-order valence-electron chi connectivity index (χ2n) is 12.7. The van der Waals surface area contributed by atoms with Gasteiger partial charge in [0.2, 0.25) is 0 Å². The van der Waals surface area contributed by atoms with Gasteiger partial charge in [0.15, 0.2) is 0 Å². The molecule has 266 valence electrons. The van der Waals surface area contributed by atoms with Crippen LogP contribution in [0, 0.1) is 0 Å². The van der Waals surface area contributed by atoms with Gasteiger partial charge in [-0.15, -0.1) is 0 Å². The lowest BCUT2D eigenvalue weighted by atomic mass is 10.0. The number of carboxylic acids is 1. The molecule has 0 radical (unpaired) electrons. The Bertz CT molecular complexity index is 803. The summed E-state index contributed by atoms with van der Waals surface area (Å²) in [5.74, 6) is -1.54. The highest BCUT2D eigenvalue weighted by Gasteiger charge is 2.18. The van der Waals surface area contributed by atoms with Crippen molar-refractivity contribution in [3.05, 3.63) is 35.4 Å². The van der Waals surface area contributed by atoms with E-state index in [1.807, 2.05) is 0 Å². The van der Waals surface area contributed by atoms with Gasteiger partial charge in [0.1, 0.15) is 0 Å². The van der Waals surface area contributed by atoms with Gasteiger partial charge in [0.25, 0.3) is 0 Å². The van der Waals surface area contributed by atoms with E-state index in [-0.39, 0.29) is 0 Å². The summed E-state index contributed by atoms with van der Waals surface area (Å²) in [7, 11) is 0. The summed E-state index contributed by atoms with van der Waals surface area (Å²) >= 11 is 0. The Morgan fingerprint density at radius 3 is 1.04 bits per heavy atom. The normalized spacial score (nSPS) is 10.7. The predicted octanol–water partition coefficient (Wildman–Crippen LogP) is 12.3. The summed E-state index contributed by atoms with van der Waals surface area (Å²) in [6, 6.07) is 6.74. The van der Waals surface area contributed by atoms with E-state index in [1.165, 1.54) is 122 Å². The molecule has 0 amide bonds. The first-order valence-electron chi connectivity index (χ1n) is 19.1. The molecule has 1 rings (SSSR count). The Balaban J connectivity index is 0.000000973. The second kappa shape index (κ2) is 34.0. The summed E-state index contributed by atoms with van der Waals surface area (Å²) in [5.41, 5.74) is 0.586. The largest absolute Gasteiger partial charge is 0.481 e. The van der Waals surface area contributed by atoms with Gasteiger partial charge < -0.3 is 14.6 Å². The molecule has 6 heteroatoms. The number of aliphatic carboxylic acids is 1. The standard InChI is InChI=1S/C24H38O4.C16H32O2/c1-3-5-7-9-11-15-19-27-23(25)21-17-13-14-18-22(21)24(26)28-20-16-12-10-8-6-4-2;1-2-3-4-5-6-7-8-9-10-11-12-13-14-15-16(17)18/h13-14,17-18H,3-12,15-16,19-20H2,1-2H3;2-15H2,1H3,(H,17,18). The number of carbonyl (C=O) groups is 3. The summed E-state index contributed by atoms with van der Waals surface area (Å²) in [6.45, 7) is 7.43. The monoisotopic (exact) mass is 647 g/mol. The van der Waals surface area contributed by atoms with E-state index in [9.17, 15) is 14.4 Å². The Morgan fingerprint density at radius 1 is 0.457 bits per heavy atom. The molecule has 0 fully saturated rings. The van der Waals surface area contributed by atoms with Crippen LogP contribution in [0.3, 0.4) is 0 Å². The second-order valence-corrected chi connectivity index (χ2v) is 12.7. The minimum absolute atomic E-state index is 0.293. The summed E-state index contributed by atoms with van der Waals surface area (Å²) in [6.07, 6.45) is 30.9. The molecule has 0 atom stereocenters. The van der Waals surface area contributed by atoms with Gasteiger partial charge >= 0.3 is 17.9 Å². The minimum Gasteiger partial charge on any atom is -0.481 e. The van der Waals surface area contributed by atoms with E-state index in [0.29, 0.717) is 30.8 Å². The van der Waals surface area contributed by atoms with Crippen molar-refractivity contribution in [1.82, 2.24) is 0 Å². The van der Waals surface area contributed by atoms with Crippen LogP contribution in [0.4, 0.5) is 0 Å². The maximum absolute atomic E-state index is 12.4. The molecule has 1 aromatic carbocycles. The first-order valence-corrected chi connectivity index (χ1v) is 19.1. The van der Waals surface area contributed by atoms with Gasteiger partial charge in [-0.3, -0.25) is 4.79 Å². The van der Waals surface area contributed by atoms with Gasteiger partial charge in [-0.25, -0.2) is 9.59 Å². The molecule has 0 spiro atoms. The van der Waals surface area contributed by atoms with Gasteiger partial charge in [-0.05, 0) is 31.4 Å². The number of carbonyl (C=O) groups excluding carboxylic acids is 2. The number of unbranched alkanes of at least 4 members (excludes halogenated alkanes) is 22. The summed E-state index contributed by atoms with van der Waals surface area (Å²) < 4.78 is 10.7. The molecule has 0 saturated carbocycles. The maximum Gasteiger partial charge on any atom is 0.339 e. The average Bonchev–Trinajstić information content (AvgIpc) is 3.06. The third-order valence-electron chi connectivity index (χ3n) is 8.32. The Hall–Kier alpha value is -2.37. The van der Waals surface area contributed by atoms with Crippen molar-refractivity contribution in [1.29, 1.82) is 0 Å². The molecule has 0 aliphatic heterocycles. The molecule has 46 heavy (non-hydrogen) atoms. The molecule has 0 saturated heterocycles. The van der Waals surface area contributed by atoms with Crippen LogP contribution in [-0.2, 0) is 14.3 Å². The van der Waals surface area contributed by atoms with E-state index in [1.54, 1.807) is 24.3 Å². The molecular weight excluding hydrogens is 576 g/mol. The summed E-state index contributed by atoms with van der Waals surface area (Å²) in [5, 5.41) is 8.49. The number of rotatable bonds is 30. The van der Waals surface area contributed by atoms with Crippen molar-refractivity contribution in [2.75, 3.05) is 13.2 Å². The summed E-state index contributed by atoms with van der Waals surface area (Å²) in [4.78, 5) is 35.0. The highest BCUT2D eigenvalue weighted by atomic mass is 16.5. The van der Waals surface area contributed by atoms with Crippen LogP contribution in [0.15, 0.2) is 24.3 Å². The quantitative estimate of drug-likeness (QED) is 0.0660. The Labute approximate surface area is 282 Å². The number of esters is 2. The Kier molecular flexibility index (Phi) is 32.2. The molecule has 1 aromatic rings. The van der Waals surface area contributed by atoms with E-state index in [2.05, 4.69) is 20.8 Å². The van der Waals surface area contributed by atoms with E-state index in [4.69, 9.17) is 14.6 Å². The van der Waals surface area contributed by atoms with Crippen molar-refractivity contribution in [2.45, 2.75) is 188 Å². The van der Waals surface area contributed by atoms with Crippen molar-refractivity contribution >= 4 is 17.9 Å². The fraction of sp³-hybridized carbons (Fsp3) is 0.775. The van der Waals surface area contributed by atoms with Crippen molar-refractivity contribution < 1.29 is 29.0 Å². The van der Waals surface area contributed by atoms with Crippen molar-refractivity contribution in [3.63, 3.8) is 0 Å². The van der Waals surface area contributed by atoms with Crippen LogP contribution >= 0.6 is 0 Å². The zero-order valence-electron chi connectivity index (χ0n) is 30.1. The molecular formula is C40H70O6. The van der Waals surface area contributed by atoms with Gasteiger partial charge in [-0.2, -0.15) is 0 Å². The maximum atomic E-state index is 12.4. The van der Waals surface area contributed by atoms with Crippen molar-refractivity contribution in [2.24, 2.45) is 0 Å². The van der Waals surface area contributed by atoms with Crippen LogP contribution in [0.1, 0.15) is 208 Å². The number of hydrogen-bond donors (Lipinski definition) is 1. The minimum atomic E-state index is -0.655. The van der Waals surface area contributed by atoms with Crippen LogP contribution in [0.5, 0.6) is 0 Å². The number of benzene rings is 1. The van der Waals surface area contributed by atoms with Gasteiger partial charge in [-0.1, -0.05) is 174 Å². The fourth-order valence-electron chi connectivity index (χ4n) is 5.38. The molecule has 1 N–H and O–H groups in total. The fourth-order valence-corrected chi connectivity index (χ4v) is 5.38. The Morgan fingerprint density at radius 2 is 0.739 bits per heavy atom. The predicted molar refractivity (Wildman–Crippen MR) is 192 cm³/mol. The van der Waals surface area contributed by atoms with Gasteiger partial charge in [0.05, 0.1) is 24.3 Å². The first kappa shape index (κ1) is 43.6. The van der Waals surface area contributed by atoms with E-state index >= 15 is 0 Å². The van der Waals surface area contributed by atoms with Crippen LogP contribution in [0.2, 0.25) is 0 Å². The van der Waals surface area contributed by atoms with E-state index in [0.717, 1.165) is 38.5 Å². The average molecular weight is 647 g/mol. The molecule has 0 heterocycles. The topological polar surface area (TPSA) is 89.9 Å². The third kappa shape index (κ3) is 27.9. The molecule has 0 aliphatic carbocycles. The third-order valence-corrected chi connectivity index (χ3v) is 8.32. The first-order chi connectivity index (χ1) is 22.5. The lowest BCUT2D eigenvalue weighted by Gasteiger charge is -2.10. The number of ether oxygens (including phenoxy) is 2. The zero-order valence-corrected chi connectivity index (χ0v) is 30.1. The highest BCUT2D eigenvalue weighted by molar-refractivity contribution is 6.03. The SMILES string of the molecule is CCCCCCCCCCCCCCCC(=O)O.CCCCCCCCOC(=O)c1ccccc1C(=O)OCCCCCCCC. The molecule has 0 aromatic heterocycles. The highest BCUT2D eigenvalue weighted by Crippen LogP contribution is 2.15. The molecule has 0 aliphatic rings. The lowest BCUT2D eigenvalue weighted by molar-refractivity contribution is -0.137. The number of carboxylic acid groups (broad SMARTS) is 1. The van der Waals surface area contributed by atoms with Crippen LogP contribution in [-0.4, -0.2) is 36.2 Å². The van der Waals surface area contributed by atoms with Crippen LogP contribution < -0.4 is 0 Å². The molecule has 0 unspecified atom stereocenters. The smallest absolute Gasteiger partial charge is 0.339 e. The van der Waals surface area contributed by atoms with Crippen molar-refractivity contribution in [3.8, 4) is 0 Å². The van der Waals surface area contributed by atoms with Gasteiger partial charge in [0, 0.05) is 6.42 Å². The van der Waals surface area contributed by atoms with Crippen LogP contribution in [0.25, 0.3) is 0 Å². The molecule has 0 bridgehead atoms.